The smallest absolute Gasteiger partial charge is 0.306 e. The van der Waals surface area contributed by atoms with Crippen LogP contribution in [0.4, 0.5) is 0 Å². The van der Waals surface area contributed by atoms with Gasteiger partial charge in [0.15, 0.2) is 0 Å². The quantitative estimate of drug-likeness (QED) is 0.635. The van der Waals surface area contributed by atoms with Gasteiger partial charge < -0.3 is 10.2 Å². The molecule has 118 valence electrons. The minimum Gasteiger partial charge on any atom is -0.481 e. The lowest BCUT2D eigenvalue weighted by molar-refractivity contribution is -0.145. The van der Waals surface area contributed by atoms with Crippen molar-refractivity contribution in [1.29, 1.82) is 0 Å². The van der Waals surface area contributed by atoms with Crippen LogP contribution in [0.5, 0.6) is 0 Å². The van der Waals surface area contributed by atoms with Gasteiger partial charge in [0, 0.05) is 0 Å². The minimum atomic E-state index is -0.783. The van der Waals surface area contributed by atoms with Crippen LogP contribution in [0.1, 0.15) is 66.7 Å². The molecule has 0 rings (SSSR count). The summed E-state index contributed by atoms with van der Waals surface area (Å²) in [6.07, 6.45) is 3.97. The average molecular weight is 286 g/mol. The van der Waals surface area contributed by atoms with E-state index in [4.69, 9.17) is 5.11 Å². The lowest BCUT2D eigenvalue weighted by atomic mass is 9.73. The molecule has 0 aliphatic carbocycles. The number of unbranched alkanes of at least 4 members (excludes halogenated alkanes) is 1. The molecule has 2 N–H and O–H groups in total. The summed E-state index contributed by atoms with van der Waals surface area (Å²) in [5.41, 5.74) is -0.153. The van der Waals surface area contributed by atoms with Gasteiger partial charge in [0.05, 0.1) is 11.8 Å². The fraction of sp³-hybridized carbons (Fsp3) is 0.875. The van der Waals surface area contributed by atoms with Gasteiger partial charge in [-0.3, -0.25) is 9.59 Å². The van der Waals surface area contributed by atoms with Crippen molar-refractivity contribution < 1.29 is 19.8 Å². The van der Waals surface area contributed by atoms with E-state index in [1.807, 2.05) is 20.8 Å². The Morgan fingerprint density at radius 3 is 2.00 bits per heavy atom. The van der Waals surface area contributed by atoms with Crippen molar-refractivity contribution in [2.24, 2.45) is 23.2 Å². The second kappa shape index (κ2) is 8.28. The summed E-state index contributed by atoms with van der Waals surface area (Å²) < 4.78 is 0. The molecule has 0 bridgehead atoms. The molecule has 0 saturated carbocycles. The summed E-state index contributed by atoms with van der Waals surface area (Å²) >= 11 is 0. The van der Waals surface area contributed by atoms with E-state index in [0.717, 1.165) is 19.3 Å². The largest absolute Gasteiger partial charge is 0.481 e. The van der Waals surface area contributed by atoms with Crippen molar-refractivity contribution in [3.05, 3.63) is 0 Å². The van der Waals surface area contributed by atoms with E-state index in [-0.39, 0.29) is 17.3 Å². The van der Waals surface area contributed by atoms with Crippen LogP contribution in [0.3, 0.4) is 0 Å². The van der Waals surface area contributed by atoms with E-state index in [2.05, 4.69) is 6.92 Å². The molecule has 3 atom stereocenters. The van der Waals surface area contributed by atoms with Crippen LogP contribution < -0.4 is 0 Å². The Labute approximate surface area is 122 Å². The van der Waals surface area contributed by atoms with E-state index in [9.17, 15) is 14.7 Å². The Morgan fingerprint density at radius 1 is 1.05 bits per heavy atom. The molecule has 4 heteroatoms. The van der Waals surface area contributed by atoms with E-state index < -0.39 is 17.9 Å². The third kappa shape index (κ3) is 6.92. The molecule has 20 heavy (non-hydrogen) atoms. The molecule has 0 aromatic rings. The molecule has 4 nitrogen and oxygen atoms in total. The number of carboxylic acid groups (broad SMARTS) is 2. The maximum Gasteiger partial charge on any atom is 0.306 e. The molecule has 0 heterocycles. The Bertz CT molecular complexity index is 322. The fourth-order valence-electron chi connectivity index (χ4n) is 2.81. The summed E-state index contributed by atoms with van der Waals surface area (Å²) in [6, 6.07) is 0. The molecule has 0 aliphatic heterocycles. The molecule has 0 amide bonds. The van der Waals surface area contributed by atoms with Gasteiger partial charge in [0.2, 0.25) is 0 Å². The third-order valence-corrected chi connectivity index (χ3v) is 4.17. The third-order valence-electron chi connectivity index (χ3n) is 4.17. The first-order valence-corrected chi connectivity index (χ1v) is 7.56. The van der Waals surface area contributed by atoms with Gasteiger partial charge in [-0.05, 0) is 30.6 Å². The zero-order valence-electron chi connectivity index (χ0n) is 13.5. The fourth-order valence-corrected chi connectivity index (χ4v) is 2.81. The second-order valence-corrected chi connectivity index (χ2v) is 6.85. The number of carbonyl (C=O) groups is 2. The Hall–Kier alpha value is -1.06. The standard InChI is InChI=1S/C16H30O4/c1-6-7-8-13(15(19)20)10-16(4,5)9-11(2)12(3)14(17)18/h11-13H,6-10H2,1-5H3,(H,17,18)(H,19,20). The molecule has 0 fully saturated rings. The highest BCUT2D eigenvalue weighted by atomic mass is 16.4. The van der Waals surface area contributed by atoms with E-state index in [1.165, 1.54) is 0 Å². The van der Waals surface area contributed by atoms with Crippen LogP contribution in [-0.4, -0.2) is 22.2 Å². The molecule has 0 aliphatic rings. The van der Waals surface area contributed by atoms with E-state index >= 15 is 0 Å². The number of hydrogen-bond acceptors (Lipinski definition) is 2. The average Bonchev–Trinajstić information content (AvgIpc) is 2.32. The van der Waals surface area contributed by atoms with E-state index in [0.29, 0.717) is 12.8 Å². The van der Waals surface area contributed by atoms with Crippen molar-refractivity contribution in [3.63, 3.8) is 0 Å². The van der Waals surface area contributed by atoms with Crippen LogP contribution in [0.25, 0.3) is 0 Å². The number of carboxylic acids is 2. The summed E-state index contributed by atoms with van der Waals surface area (Å²) in [5, 5.41) is 18.3. The molecule has 0 aromatic carbocycles. The monoisotopic (exact) mass is 286 g/mol. The highest BCUT2D eigenvalue weighted by Gasteiger charge is 2.31. The van der Waals surface area contributed by atoms with Gasteiger partial charge in [-0.15, -0.1) is 0 Å². The maximum atomic E-state index is 11.3. The van der Waals surface area contributed by atoms with Crippen molar-refractivity contribution in [1.82, 2.24) is 0 Å². The van der Waals surface area contributed by atoms with Crippen LogP contribution in [-0.2, 0) is 9.59 Å². The number of hydrogen-bond donors (Lipinski definition) is 2. The lowest BCUT2D eigenvalue weighted by Gasteiger charge is -2.32. The van der Waals surface area contributed by atoms with Crippen LogP contribution in [0.15, 0.2) is 0 Å². The zero-order chi connectivity index (χ0) is 15.9. The summed E-state index contributed by atoms with van der Waals surface area (Å²) in [6.45, 7) is 9.79. The topological polar surface area (TPSA) is 74.6 Å². The van der Waals surface area contributed by atoms with Gasteiger partial charge in [-0.25, -0.2) is 0 Å². The van der Waals surface area contributed by atoms with Gasteiger partial charge in [-0.2, -0.15) is 0 Å². The van der Waals surface area contributed by atoms with E-state index in [1.54, 1.807) is 6.92 Å². The van der Waals surface area contributed by atoms with Gasteiger partial charge >= 0.3 is 11.9 Å². The summed E-state index contributed by atoms with van der Waals surface area (Å²) in [4.78, 5) is 22.3. The minimum absolute atomic E-state index is 0.0446. The Morgan fingerprint density at radius 2 is 1.60 bits per heavy atom. The lowest BCUT2D eigenvalue weighted by Crippen LogP contribution is -2.28. The maximum absolute atomic E-state index is 11.3. The molecule has 0 radical (unpaired) electrons. The summed E-state index contributed by atoms with van der Waals surface area (Å²) in [7, 11) is 0. The van der Waals surface area contributed by atoms with Crippen LogP contribution in [0, 0.1) is 23.2 Å². The highest BCUT2D eigenvalue weighted by molar-refractivity contribution is 5.70. The van der Waals surface area contributed by atoms with Crippen molar-refractivity contribution in [2.75, 3.05) is 0 Å². The number of aliphatic carboxylic acids is 2. The van der Waals surface area contributed by atoms with Crippen molar-refractivity contribution >= 4 is 11.9 Å². The Balaban J connectivity index is 4.61. The van der Waals surface area contributed by atoms with Crippen LogP contribution >= 0.6 is 0 Å². The zero-order valence-corrected chi connectivity index (χ0v) is 13.5. The molecule has 0 spiro atoms. The van der Waals surface area contributed by atoms with Gasteiger partial charge in [0.1, 0.15) is 0 Å². The molecule has 0 aromatic heterocycles. The highest BCUT2D eigenvalue weighted by Crippen LogP contribution is 2.36. The predicted octanol–water partition coefficient (Wildman–Crippen LogP) is 4.04. The van der Waals surface area contributed by atoms with Crippen molar-refractivity contribution in [3.8, 4) is 0 Å². The predicted molar refractivity (Wildman–Crippen MR) is 79.6 cm³/mol. The molecular weight excluding hydrogens is 256 g/mol. The molecule has 0 saturated heterocycles. The van der Waals surface area contributed by atoms with Crippen LogP contribution in [0.2, 0.25) is 0 Å². The Kier molecular flexibility index (Phi) is 7.84. The number of rotatable bonds is 10. The normalized spacial score (nSPS) is 16.4. The first kappa shape index (κ1) is 18.9. The van der Waals surface area contributed by atoms with Gasteiger partial charge in [0.25, 0.3) is 0 Å². The SMILES string of the molecule is CCCCC(CC(C)(C)CC(C)C(C)C(=O)O)C(=O)O. The van der Waals surface area contributed by atoms with Gasteiger partial charge in [-0.1, -0.05) is 47.5 Å². The molecule has 3 unspecified atom stereocenters. The molecular formula is C16H30O4. The van der Waals surface area contributed by atoms with Crippen molar-refractivity contribution in [2.45, 2.75) is 66.7 Å². The first-order valence-electron chi connectivity index (χ1n) is 7.56. The summed E-state index contributed by atoms with van der Waals surface area (Å²) in [5.74, 6) is -2.19. The second-order valence-electron chi connectivity index (χ2n) is 6.85. The first-order chi connectivity index (χ1) is 9.10.